The summed E-state index contributed by atoms with van der Waals surface area (Å²) >= 11 is 3.52. The minimum absolute atomic E-state index is 0.539. The summed E-state index contributed by atoms with van der Waals surface area (Å²) in [4.78, 5) is 0. The molecule has 2 heterocycles. The summed E-state index contributed by atoms with van der Waals surface area (Å²) in [6.45, 7) is 3.56. The first-order valence-electron chi connectivity index (χ1n) is 6.82. The van der Waals surface area contributed by atoms with Crippen molar-refractivity contribution in [3.05, 3.63) is 45.7 Å². The number of hydrogen-bond acceptors (Lipinski definition) is 3. The van der Waals surface area contributed by atoms with Crippen LogP contribution in [-0.2, 0) is 19.4 Å². The maximum atomic E-state index is 10.4. The van der Waals surface area contributed by atoms with Crippen LogP contribution in [0.15, 0.2) is 29.0 Å². The summed E-state index contributed by atoms with van der Waals surface area (Å²) in [6.07, 6.45) is 4.54. The average Bonchev–Trinajstić information content (AvgIpc) is 3.06. The number of aryl methyl sites for hydroxylation is 1. The van der Waals surface area contributed by atoms with E-state index in [9.17, 15) is 5.11 Å². The molecule has 1 aliphatic rings. The van der Waals surface area contributed by atoms with E-state index in [-0.39, 0.29) is 0 Å². The maximum absolute atomic E-state index is 10.4. The Morgan fingerprint density at radius 1 is 1.50 bits per heavy atom. The van der Waals surface area contributed by atoms with E-state index in [1.165, 1.54) is 5.56 Å². The van der Waals surface area contributed by atoms with Crippen molar-refractivity contribution in [2.45, 2.75) is 32.4 Å². The number of fused-ring (bicyclic) bond motifs is 1. The molecule has 0 saturated heterocycles. The summed E-state index contributed by atoms with van der Waals surface area (Å²) in [5, 5.41) is 14.6. The van der Waals surface area contributed by atoms with E-state index in [0.717, 1.165) is 40.9 Å². The molecule has 5 heteroatoms. The van der Waals surface area contributed by atoms with E-state index in [4.69, 9.17) is 4.74 Å². The fourth-order valence-electron chi connectivity index (χ4n) is 2.55. The minimum atomic E-state index is -0.558. The Bertz CT molecular complexity index is 624. The van der Waals surface area contributed by atoms with Gasteiger partial charge >= 0.3 is 0 Å². The zero-order valence-electron chi connectivity index (χ0n) is 11.3. The molecule has 0 spiro atoms. The van der Waals surface area contributed by atoms with Crippen molar-refractivity contribution in [2.75, 3.05) is 6.61 Å². The minimum Gasteiger partial charge on any atom is -0.493 e. The Morgan fingerprint density at radius 2 is 2.35 bits per heavy atom. The van der Waals surface area contributed by atoms with E-state index in [0.29, 0.717) is 6.42 Å². The molecule has 0 saturated carbocycles. The van der Waals surface area contributed by atoms with Gasteiger partial charge in [-0.15, -0.1) is 0 Å². The SMILES string of the molecule is CCn1cc(C(O)Cc2cc(Br)cc3c2OCC3)cn1. The Kier molecular flexibility index (Phi) is 3.81. The zero-order valence-corrected chi connectivity index (χ0v) is 12.9. The van der Waals surface area contributed by atoms with E-state index in [1.54, 1.807) is 6.20 Å². The summed E-state index contributed by atoms with van der Waals surface area (Å²) < 4.78 is 8.55. The molecule has 1 unspecified atom stereocenters. The predicted molar refractivity (Wildman–Crippen MR) is 79.9 cm³/mol. The molecule has 1 aromatic carbocycles. The molecule has 0 amide bonds. The van der Waals surface area contributed by atoms with Gasteiger partial charge in [-0.25, -0.2) is 0 Å². The molecule has 1 aliphatic heterocycles. The van der Waals surface area contributed by atoms with Crippen LogP contribution in [0.2, 0.25) is 0 Å². The third-order valence-electron chi connectivity index (χ3n) is 3.60. The van der Waals surface area contributed by atoms with Crippen molar-refractivity contribution >= 4 is 15.9 Å². The fourth-order valence-corrected chi connectivity index (χ4v) is 3.10. The molecule has 106 valence electrons. The number of benzene rings is 1. The van der Waals surface area contributed by atoms with Gasteiger partial charge in [0.1, 0.15) is 5.75 Å². The van der Waals surface area contributed by atoms with Gasteiger partial charge in [0.25, 0.3) is 0 Å². The molecule has 3 rings (SSSR count). The van der Waals surface area contributed by atoms with Crippen molar-refractivity contribution in [1.82, 2.24) is 9.78 Å². The van der Waals surface area contributed by atoms with Crippen molar-refractivity contribution in [3.63, 3.8) is 0 Å². The Labute approximate surface area is 126 Å². The van der Waals surface area contributed by atoms with Crippen LogP contribution in [0.25, 0.3) is 0 Å². The number of aliphatic hydroxyl groups excluding tert-OH is 1. The number of hydrogen-bond donors (Lipinski definition) is 1. The molecule has 2 aromatic rings. The first-order valence-corrected chi connectivity index (χ1v) is 7.61. The van der Waals surface area contributed by atoms with E-state index < -0.39 is 6.10 Å². The lowest BCUT2D eigenvalue weighted by atomic mass is 10.0. The molecule has 0 aliphatic carbocycles. The number of nitrogens with zero attached hydrogens (tertiary/aromatic N) is 2. The normalized spacial score (nSPS) is 14.9. The molecule has 20 heavy (non-hydrogen) atoms. The van der Waals surface area contributed by atoms with Crippen LogP contribution < -0.4 is 4.74 Å². The molecule has 0 bridgehead atoms. The monoisotopic (exact) mass is 336 g/mol. The van der Waals surface area contributed by atoms with Crippen molar-refractivity contribution in [3.8, 4) is 5.75 Å². The third-order valence-corrected chi connectivity index (χ3v) is 4.06. The molecular formula is C15H17BrN2O2. The Hall–Kier alpha value is -1.33. The number of aliphatic hydroxyl groups is 1. The van der Waals surface area contributed by atoms with Gasteiger partial charge in [-0.1, -0.05) is 15.9 Å². The maximum Gasteiger partial charge on any atom is 0.125 e. The van der Waals surface area contributed by atoms with Gasteiger partial charge < -0.3 is 9.84 Å². The summed E-state index contributed by atoms with van der Waals surface area (Å²) in [5.74, 6) is 0.940. The number of rotatable bonds is 4. The summed E-state index contributed by atoms with van der Waals surface area (Å²) in [5.41, 5.74) is 3.10. The van der Waals surface area contributed by atoms with Gasteiger partial charge in [-0.2, -0.15) is 5.10 Å². The van der Waals surface area contributed by atoms with Crippen molar-refractivity contribution in [1.29, 1.82) is 0 Å². The zero-order chi connectivity index (χ0) is 14.1. The summed E-state index contributed by atoms with van der Waals surface area (Å²) in [6, 6.07) is 4.12. The Balaban J connectivity index is 1.84. The fraction of sp³-hybridized carbons (Fsp3) is 0.400. The van der Waals surface area contributed by atoms with Gasteiger partial charge in [-0.3, -0.25) is 4.68 Å². The first-order chi connectivity index (χ1) is 9.67. The highest BCUT2D eigenvalue weighted by Crippen LogP contribution is 2.35. The topological polar surface area (TPSA) is 47.3 Å². The number of halogens is 1. The third kappa shape index (κ3) is 2.60. The lowest BCUT2D eigenvalue weighted by Gasteiger charge is -2.12. The van der Waals surface area contributed by atoms with Crippen molar-refractivity contribution in [2.24, 2.45) is 0 Å². The second-order valence-electron chi connectivity index (χ2n) is 5.00. The molecule has 1 N–H and O–H groups in total. The molecule has 0 radical (unpaired) electrons. The van der Waals surface area contributed by atoms with Crippen LogP contribution in [0, 0.1) is 0 Å². The molecule has 4 nitrogen and oxygen atoms in total. The van der Waals surface area contributed by atoms with Gasteiger partial charge in [0.2, 0.25) is 0 Å². The molecule has 1 atom stereocenters. The highest BCUT2D eigenvalue weighted by atomic mass is 79.9. The largest absolute Gasteiger partial charge is 0.493 e. The highest BCUT2D eigenvalue weighted by Gasteiger charge is 2.20. The molecule has 1 aromatic heterocycles. The average molecular weight is 337 g/mol. The smallest absolute Gasteiger partial charge is 0.125 e. The second kappa shape index (κ2) is 5.58. The lowest BCUT2D eigenvalue weighted by Crippen LogP contribution is -2.03. The van der Waals surface area contributed by atoms with E-state index in [1.807, 2.05) is 23.9 Å². The van der Waals surface area contributed by atoms with Gasteiger partial charge in [0.15, 0.2) is 0 Å². The number of ether oxygens (including phenoxy) is 1. The second-order valence-corrected chi connectivity index (χ2v) is 5.92. The molecule has 0 fully saturated rings. The lowest BCUT2D eigenvalue weighted by molar-refractivity contribution is 0.177. The van der Waals surface area contributed by atoms with Crippen LogP contribution in [0.4, 0.5) is 0 Å². The number of aromatic nitrogens is 2. The summed E-state index contributed by atoms with van der Waals surface area (Å²) in [7, 11) is 0. The van der Waals surface area contributed by atoms with Crippen LogP contribution in [-0.4, -0.2) is 21.5 Å². The van der Waals surface area contributed by atoms with Crippen molar-refractivity contribution < 1.29 is 9.84 Å². The quantitative estimate of drug-likeness (QED) is 0.933. The van der Waals surface area contributed by atoms with Crippen LogP contribution in [0.3, 0.4) is 0 Å². The van der Waals surface area contributed by atoms with Gasteiger partial charge in [-0.05, 0) is 30.2 Å². The highest BCUT2D eigenvalue weighted by molar-refractivity contribution is 9.10. The predicted octanol–water partition coefficient (Wildman–Crippen LogP) is 2.88. The molecular weight excluding hydrogens is 320 g/mol. The van der Waals surface area contributed by atoms with E-state index in [2.05, 4.69) is 27.1 Å². The van der Waals surface area contributed by atoms with Gasteiger partial charge in [0, 0.05) is 35.6 Å². The standard InChI is InChI=1S/C15H17BrN2O2/c1-2-18-9-12(8-17-18)14(19)7-11-6-13(16)5-10-3-4-20-15(10)11/h5-6,8-9,14,19H,2-4,7H2,1H3. The van der Waals surface area contributed by atoms with Crippen LogP contribution >= 0.6 is 15.9 Å². The van der Waals surface area contributed by atoms with E-state index >= 15 is 0 Å². The van der Waals surface area contributed by atoms with Crippen LogP contribution in [0.1, 0.15) is 29.7 Å². The first kappa shape index (κ1) is 13.6. The van der Waals surface area contributed by atoms with Gasteiger partial charge in [0.05, 0.1) is 18.9 Å². The Morgan fingerprint density at radius 3 is 3.10 bits per heavy atom. The van der Waals surface area contributed by atoms with Crippen LogP contribution in [0.5, 0.6) is 5.75 Å².